The minimum Gasteiger partial charge on any atom is -0.461 e. The number of H-pyrrole nitrogens is 3. The van der Waals surface area contributed by atoms with Crippen LogP contribution in [0.5, 0.6) is 0 Å². The molecule has 0 aliphatic rings. The molecule has 5 aromatic rings. The number of hydrogen-bond donors (Lipinski definition) is 3. The summed E-state index contributed by atoms with van der Waals surface area (Å²) in [5.41, 5.74) is 7.93. The van der Waals surface area contributed by atoms with Gasteiger partial charge in [-0.3, -0.25) is 0 Å². The third-order valence-corrected chi connectivity index (χ3v) is 4.19. The van der Waals surface area contributed by atoms with Gasteiger partial charge in [0, 0.05) is 11.8 Å². The molecule has 3 N–H and O–H groups in total. The van der Waals surface area contributed by atoms with Crippen molar-refractivity contribution in [1.82, 2.24) is 24.9 Å². The van der Waals surface area contributed by atoms with Crippen LogP contribution < -0.4 is 0 Å². The first-order valence-electron chi connectivity index (χ1n) is 7.56. The Labute approximate surface area is 136 Å². The standard InChI is InChI=1S/C18H13N5O/c1-3-12(15-6-19-9-22-15)4-2-11(1)13-5-21-17-14(8-24-18(13)17)16-7-20-10-23-16/h1-10,21H,(H,19,22)(H,20,23). The lowest BCUT2D eigenvalue weighted by Gasteiger charge is -2.00. The second kappa shape index (κ2) is 4.99. The van der Waals surface area contributed by atoms with Crippen LogP contribution in [0, 0.1) is 0 Å². The summed E-state index contributed by atoms with van der Waals surface area (Å²) in [6.07, 6.45) is 10.7. The van der Waals surface area contributed by atoms with Crippen molar-refractivity contribution >= 4 is 11.1 Å². The number of aromatic amines is 3. The van der Waals surface area contributed by atoms with Gasteiger partial charge in [-0.2, -0.15) is 0 Å². The molecular weight excluding hydrogens is 302 g/mol. The molecular formula is C18H13N5O. The zero-order chi connectivity index (χ0) is 15.9. The van der Waals surface area contributed by atoms with Gasteiger partial charge in [0.15, 0.2) is 5.58 Å². The van der Waals surface area contributed by atoms with Crippen LogP contribution in [0.25, 0.3) is 44.7 Å². The number of hydrogen-bond acceptors (Lipinski definition) is 3. The van der Waals surface area contributed by atoms with Crippen molar-refractivity contribution in [3.8, 4) is 33.6 Å². The van der Waals surface area contributed by atoms with Crippen molar-refractivity contribution in [2.24, 2.45) is 0 Å². The Bertz CT molecular complexity index is 1080. The van der Waals surface area contributed by atoms with Gasteiger partial charge in [0.2, 0.25) is 0 Å². The number of aromatic nitrogens is 5. The summed E-state index contributed by atoms with van der Waals surface area (Å²) in [5, 5.41) is 0. The van der Waals surface area contributed by atoms with E-state index in [0.29, 0.717) is 0 Å². The molecule has 0 bridgehead atoms. The molecule has 0 atom stereocenters. The summed E-state index contributed by atoms with van der Waals surface area (Å²) in [6, 6.07) is 8.30. The highest BCUT2D eigenvalue weighted by Crippen LogP contribution is 2.35. The van der Waals surface area contributed by atoms with Crippen molar-refractivity contribution < 1.29 is 4.42 Å². The van der Waals surface area contributed by atoms with E-state index in [1.165, 1.54) is 0 Å². The molecule has 0 saturated carbocycles. The van der Waals surface area contributed by atoms with Gasteiger partial charge in [0.1, 0.15) is 6.26 Å². The Morgan fingerprint density at radius 2 is 1.46 bits per heavy atom. The number of rotatable bonds is 3. The fourth-order valence-electron chi connectivity index (χ4n) is 2.97. The van der Waals surface area contributed by atoms with E-state index < -0.39 is 0 Å². The fourth-order valence-corrected chi connectivity index (χ4v) is 2.97. The van der Waals surface area contributed by atoms with E-state index in [4.69, 9.17) is 4.42 Å². The second-order valence-corrected chi connectivity index (χ2v) is 5.56. The minimum absolute atomic E-state index is 0.842. The SMILES string of the molecule is c1ncc(-c2ccc(-c3c[nH]c4c(-c5cnc[nH]5)coc34)cc2)[nH]1. The molecule has 0 radical (unpaired) electrons. The summed E-state index contributed by atoms with van der Waals surface area (Å²) in [6.45, 7) is 0. The lowest BCUT2D eigenvalue weighted by molar-refractivity contribution is 0.618. The van der Waals surface area contributed by atoms with Crippen LogP contribution in [-0.4, -0.2) is 24.9 Å². The summed E-state index contributed by atoms with van der Waals surface area (Å²) >= 11 is 0. The number of imidazole rings is 2. The van der Waals surface area contributed by atoms with Crippen LogP contribution in [0.2, 0.25) is 0 Å². The molecule has 0 fully saturated rings. The number of nitrogens with one attached hydrogen (secondary N) is 3. The van der Waals surface area contributed by atoms with Crippen molar-refractivity contribution in [2.45, 2.75) is 0 Å². The number of furan rings is 1. The Hall–Kier alpha value is -3.54. The van der Waals surface area contributed by atoms with E-state index in [-0.39, 0.29) is 0 Å². The molecule has 0 saturated heterocycles. The smallest absolute Gasteiger partial charge is 0.160 e. The fraction of sp³-hybridized carbons (Fsp3) is 0. The normalized spacial score (nSPS) is 11.3. The molecule has 1 aromatic carbocycles. The molecule has 5 rings (SSSR count). The average Bonchev–Trinajstić information content (AvgIpc) is 3.38. The Kier molecular flexibility index (Phi) is 2.69. The predicted octanol–water partition coefficient (Wildman–Crippen LogP) is 4.21. The summed E-state index contributed by atoms with van der Waals surface area (Å²) < 4.78 is 5.81. The van der Waals surface area contributed by atoms with Gasteiger partial charge >= 0.3 is 0 Å². The van der Waals surface area contributed by atoms with Gasteiger partial charge in [-0.1, -0.05) is 24.3 Å². The summed E-state index contributed by atoms with van der Waals surface area (Å²) in [7, 11) is 0. The van der Waals surface area contributed by atoms with E-state index in [0.717, 1.165) is 44.7 Å². The minimum atomic E-state index is 0.842. The zero-order valence-corrected chi connectivity index (χ0v) is 12.6. The number of nitrogens with zero attached hydrogens (tertiary/aromatic N) is 2. The lowest BCUT2D eigenvalue weighted by Crippen LogP contribution is -1.78. The molecule has 116 valence electrons. The van der Waals surface area contributed by atoms with Crippen LogP contribution >= 0.6 is 0 Å². The van der Waals surface area contributed by atoms with E-state index in [2.05, 4.69) is 49.2 Å². The molecule has 0 aliphatic heterocycles. The highest BCUT2D eigenvalue weighted by molar-refractivity contribution is 5.99. The maximum Gasteiger partial charge on any atom is 0.160 e. The molecule has 0 spiro atoms. The lowest BCUT2D eigenvalue weighted by atomic mass is 10.0. The Morgan fingerprint density at radius 1 is 0.750 bits per heavy atom. The quantitative estimate of drug-likeness (QED) is 0.466. The molecule has 0 amide bonds. The molecule has 4 heterocycles. The number of benzene rings is 1. The van der Waals surface area contributed by atoms with E-state index in [1.807, 2.05) is 12.4 Å². The van der Waals surface area contributed by atoms with Crippen LogP contribution in [0.4, 0.5) is 0 Å². The maximum absolute atomic E-state index is 5.81. The molecule has 6 nitrogen and oxygen atoms in total. The summed E-state index contributed by atoms with van der Waals surface area (Å²) in [5.74, 6) is 0. The van der Waals surface area contributed by atoms with Crippen LogP contribution in [0.1, 0.15) is 0 Å². The van der Waals surface area contributed by atoms with Crippen molar-refractivity contribution in [3.63, 3.8) is 0 Å². The molecule has 0 aliphatic carbocycles. The van der Waals surface area contributed by atoms with Gasteiger partial charge in [0.25, 0.3) is 0 Å². The van der Waals surface area contributed by atoms with E-state index in [9.17, 15) is 0 Å². The van der Waals surface area contributed by atoms with Crippen LogP contribution in [0.15, 0.2) is 66.2 Å². The topological polar surface area (TPSA) is 86.3 Å². The van der Waals surface area contributed by atoms with E-state index in [1.54, 1.807) is 25.1 Å². The van der Waals surface area contributed by atoms with Crippen LogP contribution in [-0.2, 0) is 0 Å². The van der Waals surface area contributed by atoms with Crippen molar-refractivity contribution in [2.75, 3.05) is 0 Å². The molecule has 24 heavy (non-hydrogen) atoms. The predicted molar refractivity (Wildman–Crippen MR) is 91.2 cm³/mol. The van der Waals surface area contributed by atoms with Crippen molar-refractivity contribution in [3.05, 3.63) is 61.8 Å². The number of fused-ring (bicyclic) bond motifs is 1. The molecule has 0 unspecified atom stereocenters. The van der Waals surface area contributed by atoms with Gasteiger partial charge in [-0.15, -0.1) is 0 Å². The van der Waals surface area contributed by atoms with Gasteiger partial charge in [-0.05, 0) is 11.1 Å². The molecule has 6 heteroatoms. The third kappa shape index (κ3) is 1.90. The van der Waals surface area contributed by atoms with Gasteiger partial charge in [0.05, 0.1) is 47.5 Å². The van der Waals surface area contributed by atoms with Crippen LogP contribution in [0.3, 0.4) is 0 Å². The third-order valence-electron chi connectivity index (χ3n) is 4.19. The Morgan fingerprint density at radius 3 is 2.17 bits per heavy atom. The average molecular weight is 315 g/mol. The highest BCUT2D eigenvalue weighted by atomic mass is 16.3. The first-order chi connectivity index (χ1) is 11.9. The second-order valence-electron chi connectivity index (χ2n) is 5.56. The zero-order valence-electron chi connectivity index (χ0n) is 12.6. The Balaban J connectivity index is 1.57. The summed E-state index contributed by atoms with van der Waals surface area (Å²) in [4.78, 5) is 17.6. The van der Waals surface area contributed by atoms with Gasteiger partial charge in [-0.25, -0.2) is 9.97 Å². The highest BCUT2D eigenvalue weighted by Gasteiger charge is 2.15. The van der Waals surface area contributed by atoms with E-state index >= 15 is 0 Å². The first-order valence-corrected chi connectivity index (χ1v) is 7.56. The van der Waals surface area contributed by atoms with Crippen molar-refractivity contribution in [1.29, 1.82) is 0 Å². The first kappa shape index (κ1) is 13.0. The maximum atomic E-state index is 5.81. The molecule has 4 aromatic heterocycles. The largest absolute Gasteiger partial charge is 0.461 e. The van der Waals surface area contributed by atoms with Gasteiger partial charge < -0.3 is 19.4 Å². The monoisotopic (exact) mass is 315 g/mol.